The summed E-state index contributed by atoms with van der Waals surface area (Å²) in [4.78, 5) is 13.1. The number of ether oxygens (including phenoxy) is 2. The topological polar surface area (TPSA) is 59.0 Å². The van der Waals surface area contributed by atoms with Crippen LogP contribution in [-0.4, -0.2) is 67.3 Å². The molecule has 0 aromatic rings. The van der Waals surface area contributed by atoms with Crippen molar-refractivity contribution in [3.8, 4) is 0 Å². The van der Waals surface area contributed by atoms with E-state index >= 15 is 0 Å². The van der Waals surface area contributed by atoms with Gasteiger partial charge < -0.3 is 19.5 Å². The standard InChI is InChI=1S/C12H23NO4S/c14-11(9-16-6-2-8-18)10-17-7-5-13-4-1-3-12(13)15/h11,14,18H,1-10H2. The molecule has 0 aliphatic carbocycles. The summed E-state index contributed by atoms with van der Waals surface area (Å²) in [6, 6.07) is 0. The average Bonchev–Trinajstić information content (AvgIpc) is 2.76. The van der Waals surface area contributed by atoms with E-state index in [1.807, 2.05) is 0 Å². The molecule has 0 radical (unpaired) electrons. The van der Waals surface area contributed by atoms with Crippen molar-refractivity contribution >= 4 is 18.5 Å². The van der Waals surface area contributed by atoms with Gasteiger partial charge in [-0.2, -0.15) is 12.6 Å². The van der Waals surface area contributed by atoms with Crippen molar-refractivity contribution in [2.24, 2.45) is 0 Å². The summed E-state index contributed by atoms with van der Waals surface area (Å²) >= 11 is 4.06. The third kappa shape index (κ3) is 6.58. The van der Waals surface area contributed by atoms with Crippen LogP contribution in [0.25, 0.3) is 0 Å². The second-order valence-corrected chi connectivity index (χ2v) is 4.81. The van der Waals surface area contributed by atoms with Gasteiger partial charge in [0.1, 0.15) is 6.10 Å². The molecule has 1 aliphatic heterocycles. The molecule has 5 nitrogen and oxygen atoms in total. The summed E-state index contributed by atoms with van der Waals surface area (Å²) in [5, 5.41) is 9.54. The van der Waals surface area contributed by atoms with Crippen LogP contribution in [0.5, 0.6) is 0 Å². The normalized spacial score (nSPS) is 17.4. The number of rotatable bonds is 10. The molecule has 1 unspecified atom stereocenters. The van der Waals surface area contributed by atoms with Crippen LogP contribution < -0.4 is 0 Å². The number of thiol groups is 1. The van der Waals surface area contributed by atoms with Gasteiger partial charge in [0.15, 0.2) is 0 Å². The number of aliphatic hydroxyl groups excluding tert-OH is 1. The second kappa shape index (κ2) is 9.61. The van der Waals surface area contributed by atoms with E-state index in [0.717, 1.165) is 25.1 Å². The number of hydrogen-bond acceptors (Lipinski definition) is 5. The number of aliphatic hydroxyl groups is 1. The molecule has 1 N–H and O–H groups in total. The van der Waals surface area contributed by atoms with Crippen molar-refractivity contribution < 1.29 is 19.4 Å². The van der Waals surface area contributed by atoms with E-state index in [1.54, 1.807) is 4.90 Å². The molecule has 0 aromatic heterocycles. The Bertz CT molecular complexity index is 240. The van der Waals surface area contributed by atoms with E-state index in [2.05, 4.69) is 12.6 Å². The molecular formula is C12H23NO4S. The summed E-state index contributed by atoms with van der Waals surface area (Å²) in [5.41, 5.74) is 0. The van der Waals surface area contributed by atoms with Crippen molar-refractivity contribution in [2.75, 3.05) is 45.3 Å². The lowest BCUT2D eigenvalue weighted by Gasteiger charge is -2.16. The quantitative estimate of drug-likeness (QED) is 0.446. The first kappa shape index (κ1) is 15.8. The molecular weight excluding hydrogens is 254 g/mol. The van der Waals surface area contributed by atoms with Gasteiger partial charge in [0, 0.05) is 26.1 Å². The summed E-state index contributed by atoms with van der Waals surface area (Å²) in [7, 11) is 0. The fourth-order valence-corrected chi connectivity index (χ4v) is 1.90. The van der Waals surface area contributed by atoms with Crippen LogP contribution >= 0.6 is 12.6 Å². The van der Waals surface area contributed by atoms with Gasteiger partial charge in [-0.15, -0.1) is 0 Å². The van der Waals surface area contributed by atoms with E-state index in [9.17, 15) is 9.90 Å². The molecule has 1 fully saturated rings. The molecule has 1 heterocycles. The maximum Gasteiger partial charge on any atom is 0.222 e. The van der Waals surface area contributed by atoms with Gasteiger partial charge in [0.05, 0.1) is 19.8 Å². The first-order valence-electron chi connectivity index (χ1n) is 6.46. The second-order valence-electron chi connectivity index (χ2n) is 4.37. The average molecular weight is 277 g/mol. The van der Waals surface area contributed by atoms with Crippen molar-refractivity contribution in [2.45, 2.75) is 25.4 Å². The predicted molar refractivity (Wildman–Crippen MR) is 71.9 cm³/mol. The SMILES string of the molecule is O=C1CCCN1CCOCC(O)COCCCS. The number of hydrogen-bond donors (Lipinski definition) is 2. The Hall–Kier alpha value is -0.300. The summed E-state index contributed by atoms with van der Waals surface area (Å²) in [5.74, 6) is 0.991. The van der Waals surface area contributed by atoms with E-state index < -0.39 is 6.10 Å². The minimum absolute atomic E-state index is 0.203. The van der Waals surface area contributed by atoms with Crippen LogP contribution in [0.4, 0.5) is 0 Å². The van der Waals surface area contributed by atoms with Crippen molar-refractivity contribution in [1.29, 1.82) is 0 Å². The van der Waals surface area contributed by atoms with Gasteiger partial charge in [0.2, 0.25) is 5.91 Å². The fraction of sp³-hybridized carbons (Fsp3) is 0.917. The van der Waals surface area contributed by atoms with Gasteiger partial charge in [-0.3, -0.25) is 4.79 Å². The minimum Gasteiger partial charge on any atom is -0.388 e. The largest absolute Gasteiger partial charge is 0.388 e. The van der Waals surface area contributed by atoms with Crippen LogP contribution in [0.1, 0.15) is 19.3 Å². The Labute approximate surface area is 114 Å². The third-order valence-corrected chi connectivity index (χ3v) is 3.06. The molecule has 1 aliphatic rings. The van der Waals surface area contributed by atoms with Gasteiger partial charge in [-0.05, 0) is 18.6 Å². The molecule has 6 heteroatoms. The van der Waals surface area contributed by atoms with Gasteiger partial charge in [-0.25, -0.2) is 0 Å². The number of carbonyl (C=O) groups excluding carboxylic acids is 1. The minimum atomic E-state index is -0.598. The smallest absolute Gasteiger partial charge is 0.222 e. The molecule has 0 saturated carbocycles. The van der Waals surface area contributed by atoms with Crippen molar-refractivity contribution in [3.05, 3.63) is 0 Å². The maximum absolute atomic E-state index is 11.3. The van der Waals surface area contributed by atoms with Crippen LogP contribution in [0.2, 0.25) is 0 Å². The number of amides is 1. The highest BCUT2D eigenvalue weighted by Crippen LogP contribution is 2.08. The summed E-state index contributed by atoms with van der Waals surface area (Å²) in [6.07, 6.45) is 1.88. The Morgan fingerprint density at radius 3 is 2.67 bits per heavy atom. The summed E-state index contributed by atoms with van der Waals surface area (Å²) in [6.45, 7) is 3.07. The first-order valence-corrected chi connectivity index (χ1v) is 7.09. The monoisotopic (exact) mass is 277 g/mol. The number of likely N-dealkylation sites (tertiary alicyclic amines) is 1. The molecule has 0 bridgehead atoms. The Kier molecular flexibility index (Phi) is 8.41. The number of carbonyl (C=O) groups is 1. The molecule has 0 spiro atoms. The lowest BCUT2D eigenvalue weighted by molar-refractivity contribution is -0.128. The van der Waals surface area contributed by atoms with Gasteiger partial charge in [-0.1, -0.05) is 0 Å². The maximum atomic E-state index is 11.3. The van der Waals surface area contributed by atoms with Gasteiger partial charge >= 0.3 is 0 Å². The van der Waals surface area contributed by atoms with E-state index in [4.69, 9.17) is 9.47 Å². The third-order valence-electron chi connectivity index (χ3n) is 2.74. The van der Waals surface area contributed by atoms with E-state index in [0.29, 0.717) is 26.2 Å². The van der Waals surface area contributed by atoms with Crippen LogP contribution in [0, 0.1) is 0 Å². The van der Waals surface area contributed by atoms with Gasteiger partial charge in [0.25, 0.3) is 0 Å². The van der Waals surface area contributed by atoms with E-state index in [1.165, 1.54) is 0 Å². The molecule has 1 amide bonds. The number of nitrogens with zero attached hydrogens (tertiary/aromatic N) is 1. The van der Waals surface area contributed by atoms with Crippen LogP contribution in [-0.2, 0) is 14.3 Å². The highest BCUT2D eigenvalue weighted by Gasteiger charge is 2.19. The Balaban J connectivity index is 1.91. The lowest BCUT2D eigenvalue weighted by atomic mass is 10.4. The zero-order chi connectivity index (χ0) is 13.2. The Morgan fingerprint density at radius 2 is 2.06 bits per heavy atom. The molecule has 106 valence electrons. The molecule has 1 atom stereocenters. The highest BCUT2D eigenvalue weighted by molar-refractivity contribution is 7.80. The van der Waals surface area contributed by atoms with Crippen LogP contribution in [0.3, 0.4) is 0 Å². The molecule has 1 saturated heterocycles. The van der Waals surface area contributed by atoms with Crippen molar-refractivity contribution in [3.63, 3.8) is 0 Å². The Morgan fingerprint density at radius 1 is 1.33 bits per heavy atom. The first-order chi connectivity index (χ1) is 8.74. The lowest BCUT2D eigenvalue weighted by Crippen LogP contribution is -2.30. The van der Waals surface area contributed by atoms with Crippen LogP contribution in [0.15, 0.2) is 0 Å². The van der Waals surface area contributed by atoms with Crippen molar-refractivity contribution in [1.82, 2.24) is 4.90 Å². The summed E-state index contributed by atoms with van der Waals surface area (Å²) < 4.78 is 10.6. The highest BCUT2D eigenvalue weighted by atomic mass is 32.1. The molecule has 1 rings (SSSR count). The zero-order valence-corrected chi connectivity index (χ0v) is 11.6. The molecule has 0 aromatic carbocycles. The van der Waals surface area contributed by atoms with E-state index in [-0.39, 0.29) is 19.1 Å². The zero-order valence-electron chi connectivity index (χ0n) is 10.7. The predicted octanol–water partition coefficient (Wildman–Crippen LogP) is 0.323. The fourth-order valence-electron chi connectivity index (χ4n) is 1.77. The molecule has 18 heavy (non-hydrogen) atoms.